The van der Waals surface area contributed by atoms with Crippen LogP contribution in [0, 0.1) is 0 Å². The molecule has 0 fully saturated rings. The molecule has 2 N–H and O–H groups in total. The van der Waals surface area contributed by atoms with Gasteiger partial charge in [0.15, 0.2) is 0 Å². The van der Waals surface area contributed by atoms with Crippen LogP contribution in [-0.4, -0.2) is 99.5 Å². The number of amides is 2. The molecule has 6 aromatic rings. The van der Waals surface area contributed by atoms with Gasteiger partial charge in [-0.25, -0.2) is 0 Å². The zero-order valence-corrected chi connectivity index (χ0v) is 64.0. The summed E-state index contributed by atoms with van der Waals surface area (Å²) in [5.74, 6) is 0.257. The van der Waals surface area contributed by atoms with Crippen LogP contribution in [0.3, 0.4) is 0 Å². The molecule has 41 heteroatoms. The molecule has 0 saturated heterocycles. The van der Waals surface area contributed by atoms with Crippen molar-refractivity contribution >= 4 is 68.5 Å². The van der Waals surface area contributed by atoms with E-state index < -0.39 is 84.8 Å². The molecule has 4 heterocycles. The fourth-order valence-electron chi connectivity index (χ4n) is 10.5. The molecule has 10 rings (SSSR count). The quantitative estimate of drug-likeness (QED) is 0.129. The van der Waals surface area contributed by atoms with Gasteiger partial charge < -0.3 is 159 Å². The first-order valence-electron chi connectivity index (χ1n) is 24.0. The minimum Gasteiger partial charge on any atom is -2.00 e. The predicted molar refractivity (Wildman–Crippen MR) is 277 cm³/mol. The monoisotopic (exact) mass is 1900 g/mol. The zero-order valence-electron chi connectivity index (χ0n) is 50.8. The first kappa shape index (κ1) is 137. The molecule has 563 valence electrons. The third-order valence-corrected chi connectivity index (χ3v) is 14.9. The maximum atomic E-state index is 12.8. The summed E-state index contributed by atoms with van der Waals surface area (Å²) >= 11 is 0. The molecule has 2 amide bonds. The van der Waals surface area contributed by atoms with Gasteiger partial charge in [0.1, 0.15) is 22.9 Å². The molecular formula is C56H56MnMo6N6O28-42. The van der Waals surface area contributed by atoms with Gasteiger partial charge in [0, 0.05) is 192 Å². The summed E-state index contributed by atoms with van der Waals surface area (Å²) in [5, 5.41) is 77.6. The summed E-state index contributed by atoms with van der Waals surface area (Å²) in [6.45, 7) is 3.11. The molecule has 4 aliphatic rings. The normalized spacial score (nSPS) is 14.7. The van der Waals surface area contributed by atoms with E-state index in [0.29, 0.717) is 11.5 Å². The van der Waals surface area contributed by atoms with Gasteiger partial charge >= 0.3 is 0 Å². The van der Waals surface area contributed by atoms with E-state index in [0.717, 1.165) is 55.4 Å². The summed E-state index contributed by atoms with van der Waals surface area (Å²) in [7, 11) is 0. The number of nitrogens with one attached hydrogen (secondary N) is 2. The van der Waals surface area contributed by atoms with Crippen LogP contribution in [0.25, 0.3) is 21.5 Å². The van der Waals surface area contributed by atoms with Crippen LogP contribution in [0.4, 0.5) is 22.7 Å². The summed E-state index contributed by atoms with van der Waals surface area (Å²) in [6, 6.07) is 39.7. The second-order valence-corrected chi connectivity index (χ2v) is 20.0. The molecule has 0 saturated carbocycles. The van der Waals surface area contributed by atoms with Crippen molar-refractivity contribution in [2.75, 3.05) is 62.5 Å². The van der Waals surface area contributed by atoms with E-state index in [1.165, 1.54) is 0 Å². The number of carbonyl (C=O) groups is 2. The van der Waals surface area contributed by atoms with Crippen LogP contribution in [0.5, 0.6) is 11.5 Å². The number of fused-ring (bicyclic) bond motifs is 8. The number of para-hydroxylation sites is 2. The van der Waals surface area contributed by atoms with Gasteiger partial charge in [-0.2, -0.15) is 0 Å². The van der Waals surface area contributed by atoms with E-state index in [-0.39, 0.29) is 268 Å². The zero-order chi connectivity index (χ0) is 51.1. The van der Waals surface area contributed by atoms with E-state index in [1.807, 2.05) is 144 Å². The number of rotatable bonds is 14. The third-order valence-electron chi connectivity index (χ3n) is 14.9. The van der Waals surface area contributed by atoms with Gasteiger partial charge in [0.05, 0.1) is 23.3 Å². The van der Waals surface area contributed by atoms with Crippen molar-refractivity contribution < 1.29 is 292 Å². The van der Waals surface area contributed by atoms with Crippen molar-refractivity contribution in [2.45, 2.75) is 73.9 Å². The second kappa shape index (κ2) is 55.6. The molecule has 2 spiro atoms. The van der Waals surface area contributed by atoms with Crippen LogP contribution in [0.2, 0.25) is 0 Å². The predicted octanol–water partition coefficient (Wildman–Crippen LogP) is -0.647. The average Bonchev–Trinajstić information content (AvgIpc) is 3.70. The average molecular weight is 1890 g/mol. The van der Waals surface area contributed by atoms with E-state index >= 15 is 0 Å². The Labute approximate surface area is 655 Å². The second-order valence-electron chi connectivity index (χ2n) is 20.0. The van der Waals surface area contributed by atoms with E-state index in [2.05, 4.69) is 38.3 Å². The number of anilines is 2. The Hall–Kier alpha value is -2.99. The molecule has 4 aliphatic heterocycles. The maximum absolute atomic E-state index is 12.8. The fraction of sp³-hybridized carbons (Fsp3) is 0.357. The minimum atomic E-state index is -1.81. The Morgan fingerprint density at radius 2 is 0.660 bits per heavy atom. The summed E-state index contributed by atoms with van der Waals surface area (Å²) in [4.78, 5) is 39.3. The van der Waals surface area contributed by atoms with Crippen LogP contribution in [-0.2, 0) is 262 Å². The molecule has 6 aromatic carbocycles. The fourth-order valence-corrected chi connectivity index (χ4v) is 10.5. The van der Waals surface area contributed by atoms with E-state index in [4.69, 9.17) is 19.5 Å². The van der Waals surface area contributed by atoms with Crippen LogP contribution >= 0.6 is 0 Å². The Kier molecular flexibility index (Phi) is 78.6. The van der Waals surface area contributed by atoms with Crippen LogP contribution in [0.15, 0.2) is 131 Å². The van der Waals surface area contributed by atoms with Gasteiger partial charge in [-0.1, -0.05) is 97.1 Å². The molecule has 0 bridgehead atoms. The first-order valence-corrected chi connectivity index (χ1v) is 24.0. The standard InChI is InChI=1S/2C28H28N3O5.Mn.6Mo.18O/c2*1-26(2)21-9-5-6-10-22(21)31(14-13-24(35)30-27(16-32,17-33)18-34)28(26)15-29-25-20-8-4-3-7-19(20)11-12-23(25)36-28;;;;;;;;;;;;;;;;;;;;;;;;;/h2*3-12,15H,13-14,16-18H2,1-2H3,(H,30,35);;;;;;;;;;;;;;;;;;;;;;;;;/q2*-3;;;;;;;;18*-2/t2*28-;;;;;;;;;;;;;;;;;;;;;;;;;/m10........................./s1. The number of benzene rings is 6. The number of aliphatic imine (C=N–C) groups is 2. The summed E-state index contributed by atoms with van der Waals surface area (Å²) in [6.07, 6.45) is 3.57. The molecule has 2 atom stereocenters. The first-order chi connectivity index (χ1) is 34.6. The molecule has 1 radical (unpaired) electrons. The van der Waals surface area contributed by atoms with Crippen molar-refractivity contribution in [1.29, 1.82) is 0 Å². The van der Waals surface area contributed by atoms with Crippen molar-refractivity contribution in [3.8, 4) is 11.5 Å². The number of hydrogen-bond acceptors (Lipinski definition) is 14. The Morgan fingerprint density at radius 3 is 0.938 bits per heavy atom. The number of hydrogen-bond donors (Lipinski definition) is 2. The molecule has 34 nitrogen and oxygen atoms in total. The van der Waals surface area contributed by atoms with Crippen LogP contribution in [0.1, 0.15) is 51.7 Å². The van der Waals surface area contributed by atoms with Crippen molar-refractivity contribution in [3.63, 3.8) is 0 Å². The molecule has 0 unspecified atom stereocenters. The van der Waals surface area contributed by atoms with Crippen molar-refractivity contribution in [1.82, 2.24) is 10.6 Å². The summed E-state index contributed by atoms with van der Waals surface area (Å²) < 4.78 is 13.6. The third kappa shape index (κ3) is 24.6. The number of nitrogens with zero attached hydrogens (tertiary/aromatic N) is 4. The molecular weight excluding hydrogens is 1840 g/mol. The van der Waals surface area contributed by atoms with Gasteiger partial charge in [-0.3, -0.25) is 19.6 Å². The van der Waals surface area contributed by atoms with Crippen molar-refractivity contribution in [2.24, 2.45) is 9.98 Å². The SMILES string of the molecule is CC1(C)c2ccccc2N(CCC(=O)NC(C[O-])(C[O-])C[O-])[C@@]12C=Nc1c(ccc3ccccc13)O2.CC1(C)c2ccccc2N(CCC(=O)NC(C[O-])(C[O-])C[O-])[C@]12C=Nc1c(ccc3ccccc13)O2.[Mn].[Mo].[Mo].[Mo].[Mo].[Mo].[Mo].[O-2].[O-2].[O-2].[O-2].[O-2].[O-2].[O-2].[O-2].[O-2].[O-2].[O-2].[O-2].[O-2].[O-2].[O-2].[O-2].[O-2].[O-2]. The van der Waals surface area contributed by atoms with Crippen molar-refractivity contribution in [3.05, 3.63) is 132 Å². The number of carbonyl (C=O) groups excluding carboxylic acids is 2. The topological polar surface area (TPSA) is 759 Å². The molecule has 97 heavy (non-hydrogen) atoms. The number of ether oxygens (including phenoxy) is 2. The Bertz CT molecular complexity index is 2930. The van der Waals surface area contributed by atoms with Gasteiger partial charge in [0.2, 0.25) is 23.3 Å². The Balaban J connectivity index is -0.0000000699. The maximum Gasteiger partial charge on any atom is 0.228 e. The van der Waals surface area contributed by atoms with E-state index in [1.54, 1.807) is 0 Å². The Morgan fingerprint density at radius 1 is 0.402 bits per heavy atom. The minimum absolute atomic E-state index is 0. The van der Waals surface area contributed by atoms with E-state index in [9.17, 15) is 40.2 Å². The van der Waals surface area contributed by atoms with Gasteiger partial charge in [-0.05, 0) is 84.9 Å². The molecule has 0 aliphatic carbocycles. The van der Waals surface area contributed by atoms with Crippen LogP contribution < -0.4 is 60.5 Å². The van der Waals surface area contributed by atoms with Gasteiger partial charge in [-0.15, -0.1) is 39.6 Å². The molecule has 0 aromatic heterocycles. The van der Waals surface area contributed by atoms with Gasteiger partial charge in [0.25, 0.3) is 0 Å². The largest absolute Gasteiger partial charge is 2.00 e. The summed E-state index contributed by atoms with van der Waals surface area (Å²) in [5.41, 5.74) is -1.27. The smallest absolute Gasteiger partial charge is 0.228 e.